The zero-order chi connectivity index (χ0) is 18.3. The quantitative estimate of drug-likeness (QED) is 0.876. The SMILES string of the molecule is O=C1NCCc2c(NCc3ccc(C(F)(F)F)cc3)nc(C3CC3)nc21. The number of carbonyl (C=O) groups excluding carboxylic acids is 1. The minimum atomic E-state index is -4.34. The van der Waals surface area contributed by atoms with Crippen molar-refractivity contribution in [3.05, 3.63) is 52.5 Å². The first-order valence-corrected chi connectivity index (χ1v) is 8.51. The molecule has 1 amide bonds. The number of hydrogen-bond acceptors (Lipinski definition) is 4. The normalized spacial score (nSPS) is 16.8. The summed E-state index contributed by atoms with van der Waals surface area (Å²) in [5.41, 5.74) is 1.21. The van der Waals surface area contributed by atoms with Crippen LogP contribution in [-0.2, 0) is 19.1 Å². The minimum Gasteiger partial charge on any atom is -0.366 e. The second kappa shape index (κ2) is 6.26. The van der Waals surface area contributed by atoms with Gasteiger partial charge in [-0.3, -0.25) is 4.79 Å². The molecule has 4 rings (SSSR count). The number of hydrogen-bond donors (Lipinski definition) is 2. The van der Waals surface area contributed by atoms with E-state index >= 15 is 0 Å². The summed E-state index contributed by atoms with van der Waals surface area (Å²) in [7, 11) is 0. The number of benzene rings is 1. The van der Waals surface area contributed by atoms with Crippen LogP contribution in [0.3, 0.4) is 0 Å². The van der Waals surface area contributed by atoms with Crippen LogP contribution in [0.15, 0.2) is 24.3 Å². The summed E-state index contributed by atoms with van der Waals surface area (Å²) in [5.74, 6) is 1.36. The van der Waals surface area contributed by atoms with Crippen LogP contribution < -0.4 is 10.6 Å². The molecule has 1 aromatic carbocycles. The van der Waals surface area contributed by atoms with Crippen molar-refractivity contribution >= 4 is 11.7 Å². The second-order valence-corrected chi connectivity index (χ2v) is 6.59. The van der Waals surface area contributed by atoms with E-state index in [0.717, 1.165) is 30.5 Å². The molecule has 1 aliphatic heterocycles. The molecule has 26 heavy (non-hydrogen) atoms. The number of fused-ring (bicyclic) bond motifs is 1. The summed E-state index contributed by atoms with van der Waals surface area (Å²) in [6.07, 6.45) is -1.69. The predicted molar refractivity (Wildman–Crippen MR) is 88.8 cm³/mol. The fourth-order valence-corrected chi connectivity index (χ4v) is 2.98. The zero-order valence-electron chi connectivity index (χ0n) is 13.9. The maximum Gasteiger partial charge on any atom is 0.416 e. The number of halogens is 3. The van der Waals surface area contributed by atoms with Gasteiger partial charge < -0.3 is 10.6 Å². The maximum atomic E-state index is 12.7. The maximum absolute atomic E-state index is 12.7. The Morgan fingerprint density at radius 1 is 1.15 bits per heavy atom. The molecule has 0 bridgehead atoms. The van der Waals surface area contributed by atoms with Crippen molar-refractivity contribution in [2.24, 2.45) is 0 Å². The first kappa shape index (κ1) is 16.8. The predicted octanol–water partition coefficient (Wildman–Crippen LogP) is 3.27. The van der Waals surface area contributed by atoms with Gasteiger partial charge in [-0.05, 0) is 37.0 Å². The Morgan fingerprint density at radius 2 is 1.88 bits per heavy atom. The number of nitrogens with one attached hydrogen (secondary N) is 2. The lowest BCUT2D eigenvalue weighted by atomic mass is 10.1. The van der Waals surface area contributed by atoms with Crippen molar-refractivity contribution in [1.29, 1.82) is 0 Å². The van der Waals surface area contributed by atoms with Crippen LogP contribution in [0.4, 0.5) is 19.0 Å². The van der Waals surface area contributed by atoms with E-state index in [1.54, 1.807) is 0 Å². The molecule has 2 heterocycles. The summed E-state index contributed by atoms with van der Waals surface area (Å²) in [6.45, 7) is 0.847. The Bertz CT molecular complexity index is 845. The van der Waals surface area contributed by atoms with Gasteiger partial charge in [-0.25, -0.2) is 9.97 Å². The van der Waals surface area contributed by atoms with Crippen molar-refractivity contribution < 1.29 is 18.0 Å². The average molecular weight is 362 g/mol. The van der Waals surface area contributed by atoms with Gasteiger partial charge in [-0.1, -0.05) is 12.1 Å². The molecule has 2 N–H and O–H groups in total. The van der Waals surface area contributed by atoms with Crippen LogP contribution in [0.1, 0.15) is 51.8 Å². The summed E-state index contributed by atoms with van der Waals surface area (Å²) < 4.78 is 38.0. The summed E-state index contributed by atoms with van der Waals surface area (Å²) in [6, 6.07) is 5.01. The topological polar surface area (TPSA) is 66.9 Å². The highest BCUT2D eigenvalue weighted by Crippen LogP contribution is 2.39. The van der Waals surface area contributed by atoms with Crippen LogP contribution in [0.2, 0.25) is 0 Å². The highest BCUT2D eigenvalue weighted by atomic mass is 19.4. The van der Waals surface area contributed by atoms with E-state index < -0.39 is 11.7 Å². The fraction of sp³-hybridized carbons (Fsp3) is 0.389. The van der Waals surface area contributed by atoms with E-state index in [1.165, 1.54) is 12.1 Å². The van der Waals surface area contributed by atoms with Gasteiger partial charge >= 0.3 is 6.18 Å². The molecule has 8 heteroatoms. The fourth-order valence-electron chi connectivity index (χ4n) is 2.98. The van der Waals surface area contributed by atoms with Gasteiger partial charge in [0.05, 0.1) is 5.56 Å². The van der Waals surface area contributed by atoms with Crippen LogP contribution in [0, 0.1) is 0 Å². The number of amides is 1. The second-order valence-electron chi connectivity index (χ2n) is 6.59. The van der Waals surface area contributed by atoms with E-state index in [1.807, 2.05) is 0 Å². The average Bonchev–Trinajstić information content (AvgIpc) is 3.45. The third kappa shape index (κ3) is 3.36. The van der Waals surface area contributed by atoms with E-state index in [0.29, 0.717) is 48.3 Å². The first-order chi connectivity index (χ1) is 12.4. The van der Waals surface area contributed by atoms with Gasteiger partial charge in [0, 0.05) is 24.6 Å². The van der Waals surface area contributed by atoms with Crippen molar-refractivity contribution in [2.45, 2.75) is 37.9 Å². The Morgan fingerprint density at radius 3 is 2.54 bits per heavy atom. The van der Waals surface area contributed by atoms with Crippen LogP contribution in [0.5, 0.6) is 0 Å². The lowest BCUT2D eigenvalue weighted by Crippen LogP contribution is -2.34. The van der Waals surface area contributed by atoms with Gasteiger partial charge in [0.25, 0.3) is 5.91 Å². The third-order valence-electron chi connectivity index (χ3n) is 4.58. The molecule has 0 atom stereocenters. The molecule has 0 saturated heterocycles. The number of aromatic nitrogens is 2. The molecular weight excluding hydrogens is 345 g/mol. The van der Waals surface area contributed by atoms with Gasteiger partial charge in [-0.15, -0.1) is 0 Å². The number of rotatable bonds is 4. The van der Waals surface area contributed by atoms with E-state index in [9.17, 15) is 18.0 Å². The van der Waals surface area contributed by atoms with E-state index in [4.69, 9.17) is 0 Å². The molecule has 1 aliphatic carbocycles. The lowest BCUT2D eigenvalue weighted by Gasteiger charge is -2.20. The number of anilines is 1. The molecule has 2 aliphatic rings. The zero-order valence-corrected chi connectivity index (χ0v) is 13.9. The van der Waals surface area contributed by atoms with Gasteiger partial charge in [0.2, 0.25) is 0 Å². The number of alkyl halides is 3. The highest BCUT2D eigenvalue weighted by molar-refractivity contribution is 5.96. The molecule has 1 saturated carbocycles. The molecule has 136 valence electrons. The summed E-state index contributed by atoms with van der Waals surface area (Å²) in [4.78, 5) is 21.1. The third-order valence-corrected chi connectivity index (χ3v) is 4.58. The number of carbonyl (C=O) groups is 1. The standard InChI is InChI=1S/C18H17F3N4O/c19-18(20,21)12-5-1-10(2-6-12)9-23-16-13-7-8-22-17(26)14(13)24-15(25-16)11-3-4-11/h1-2,5-6,11H,3-4,7-9H2,(H,22,26)(H,23,24,25). The smallest absolute Gasteiger partial charge is 0.366 e. The molecule has 0 unspecified atom stereocenters. The van der Waals surface area contributed by atoms with Crippen molar-refractivity contribution in [3.63, 3.8) is 0 Å². The molecule has 5 nitrogen and oxygen atoms in total. The monoisotopic (exact) mass is 362 g/mol. The molecule has 2 aromatic rings. The highest BCUT2D eigenvalue weighted by Gasteiger charge is 2.31. The number of nitrogens with zero attached hydrogens (tertiary/aromatic N) is 2. The van der Waals surface area contributed by atoms with Crippen LogP contribution in [-0.4, -0.2) is 22.4 Å². The van der Waals surface area contributed by atoms with Gasteiger partial charge in [-0.2, -0.15) is 13.2 Å². The summed E-state index contributed by atoms with van der Waals surface area (Å²) >= 11 is 0. The van der Waals surface area contributed by atoms with Crippen LogP contribution in [0.25, 0.3) is 0 Å². The van der Waals surface area contributed by atoms with E-state index in [2.05, 4.69) is 20.6 Å². The van der Waals surface area contributed by atoms with Gasteiger partial charge in [0.1, 0.15) is 17.3 Å². The Hall–Kier alpha value is -2.64. The molecule has 1 aromatic heterocycles. The first-order valence-electron chi connectivity index (χ1n) is 8.51. The largest absolute Gasteiger partial charge is 0.416 e. The Labute approximate surface area is 148 Å². The summed E-state index contributed by atoms with van der Waals surface area (Å²) in [5, 5.41) is 5.96. The van der Waals surface area contributed by atoms with E-state index in [-0.39, 0.29) is 5.91 Å². The van der Waals surface area contributed by atoms with Crippen molar-refractivity contribution in [1.82, 2.24) is 15.3 Å². The Kier molecular flexibility index (Phi) is 4.05. The molecular formula is C18H17F3N4O. The molecule has 0 spiro atoms. The van der Waals surface area contributed by atoms with Crippen molar-refractivity contribution in [2.75, 3.05) is 11.9 Å². The molecule has 1 fully saturated rings. The lowest BCUT2D eigenvalue weighted by molar-refractivity contribution is -0.137. The van der Waals surface area contributed by atoms with Crippen molar-refractivity contribution in [3.8, 4) is 0 Å². The van der Waals surface area contributed by atoms with Gasteiger partial charge in [0.15, 0.2) is 0 Å². The Balaban J connectivity index is 1.57. The van der Waals surface area contributed by atoms with Crippen LogP contribution >= 0.6 is 0 Å². The molecule has 0 radical (unpaired) electrons. The minimum absolute atomic E-state index is 0.201.